The molecule has 0 saturated heterocycles. The number of carboxylic acids is 1. The maximum absolute atomic E-state index is 11.4. The number of rotatable bonds is 3. The fourth-order valence-electron chi connectivity index (χ4n) is 8.21. The van der Waals surface area contributed by atoms with Crippen molar-refractivity contribution in [1.29, 1.82) is 0 Å². The summed E-state index contributed by atoms with van der Waals surface area (Å²) in [5, 5.41) is 11.3. The maximum atomic E-state index is 11.4. The van der Waals surface area contributed by atoms with E-state index in [9.17, 15) is 14.7 Å². The highest BCUT2D eigenvalue weighted by molar-refractivity contribution is 5.66. The van der Waals surface area contributed by atoms with E-state index in [1.165, 1.54) is 45.4 Å². The molecule has 0 N–H and O–H groups in total. The molecule has 0 heterocycles. The van der Waals surface area contributed by atoms with Crippen molar-refractivity contribution >= 4 is 11.9 Å². The van der Waals surface area contributed by atoms with E-state index < -0.39 is 5.97 Å². The van der Waals surface area contributed by atoms with Crippen LogP contribution in [0.2, 0.25) is 0 Å². The number of esters is 1. The molecule has 4 rings (SSSR count). The highest BCUT2D eigenvalue weighted by Gasteiger charge is 2.60. The monoisotopic (exact) mass is 375 g/mol. The molecule has 0 aromatic heterocycles. The van der Waals surface area contributed by atoms with E-state index in [0.29, 0.717) is 23.2 Å². The minimum absolute atomic E-state index is 0.116. The molecule has 0 amide bonds. The van der Waals surface area contributed by atoms with Crippen LogP contribution in [0, 0.1) is 40.4 Å². The number of carbonyl (C=O) groups excluding carboxylic acids is 2. The van der Waals surface area contributed by atoms with Crippen LogP contribution in [0.1, 0.15) is 85.0 Å². The van der Waals surface area contributed by atoms with E-state index in [1.54, 1.807) is 0 Å². The molecule has 0 aliphatic heterocycles. The second-order valence-electron chi connectivity index (χ2n) is 10.6. The van der Waals surface area contributed by atoms with Crippen molar-refractivity contribution in [3.63, 3.8) is 0 Å². The predicted molar refractivity (Wildman–Crippen MR) is 100 cm³/mol. The van der Waals surface area contributed by atoms with Gasteiger partial charge in [-0.1, -0.05) is 13.8 Å². The van der Waals surface area contributed by atoms with Gasteiger partial charge in [-0.3, -0.25) is 4.79 Å². The average molecular weight is 376 g/mol. The molecule has 0 bridgehead atoms. The maximum Gasteiger partial charge on any atom is 0.302 e. The van der Waals surface area contributed by atoms with Gasteiger partial charge in [-0.05, 0) is 105 Å². The van der Waals surface area contributed by atoms with E-state index in [1.807, 2.05) is 0 Å². The molecule has 8 atom stereocenters. The molecule has 4 nitrogen and oxygen atoms in total. The van der Waals surface area contributed by atoms with Crippen molar-refractivity contribution in [2.24, 2.45) is 40.4 Å². The summed E-state index contributed by atoms with van der Waals surface area (Å²) >= 11 is 0. The van der Waals surface area contributed by atoms with Crippen LogP contribution in [0.4, 0.5) is 0 Å². The predicted octanol–water partition coefficient (Wildman–Crippen LogP) is 3.72. The fraction of sp³-hybridized carbons (Fsp3) is 0.913. The van der Waals surface area contributed by atoms with E-state index in [4.69, 9.17) is 4.74 Å². The number of fused-ring (bicyclic) bond motifs is 5. The van der Waals surface area contributed by atoms with Crippen molar-refractivity contribution in [2.75, 3.05) is 0 Å². The van der Waals surface area contributed by atoms with E-state index >= 15 is 0 Å². The summed E-state index contributed by atoms with van der Waals surface area (Å²) in [5.74, 6) is 2.15. The number of carboxylic acid groups (broad SMARTS) is 1. The lowest BCUT2D eigenvalue weighted by Crippen LogP contribution is -2.54. The van der Waals surface area contributed by atoms with Gasteiger partial charge < -0.3 is 14.6 Å². The molecule has 27 heavy (non-hydrogen) atoms. The Hall–Kier alpha value is -1.06. The van der Waals surface area contributed by atoms with Gasteiger partial charge in [0.1, 0.15) is 6.10 Å². The summed E-state index contributed by atoms with van der Waals surface area (Å²) in [5.41, 5.74) is 0.562. The molecule has 4 fully saturated rings. The molecule has 4 aliphatic carbocycles. The number of aliphatic carboxylic acids is 1. The quantitative estimate of drug-likeness (QED) is 0.705. The van der Waals surface area contributed by atoms with Crippen LogP contribution in [0.5, 0.6) is 0 Å². The highest BCUT2D eigenvalue weighted by atomic mass is 16.5. The largest absolute Gasteiger partial charge is 0.550 e. The fourth-order valence-corrected chi connectivity index (χ4v) is 8.21. The Morgan fingerprint density at radius 1 is 0.963 bits per heavy atom. The minimum atomic E-state index is -0.872. The first kappa shape index (κ1) is 19.3. The van der Waals surface area contributed by atoms with Crippen molar-refractivity contribution < 1.29 is 19.4 Å². The molecule has 0 spiro atoms. The normalized spacial score (nSPS) is 48.9. The van der Waals surface area contributed by atoms with Crippen LogP contribution >= 0.6 is 0 Å². The first-order chi connectivity index (χ1) is 12.7. The summed E-state index contributed by atoms with van der Waals surface area (Å²) in [6.45, 7) is 6.41. The summed E-state index contributed by atoms with van der Waals surface area (Å²) < 4.78 is 5.56. The van der Waals surface area contributed by atoms with Gasteiger partial charge in [-0.2, -0.15) is 0 Å². The number of hydrogen-bond donors (Lipinski definition) is 0. The smallest absolute Gasteiger partial charge is 0.302 e. The van der Waals surface area contributed by atoms with Crippen LogP contribution in [-0.4, -0.2) is 18.0 Å². The lowest BCUT2D eigenvalue weighted by Gasteiger charge is -2.61. The number of hydrogen-bond acceptors (Lipinski definition) is 4. The van der Waals surface area contributed by atoms with Crippen LogP contribution in [0.25, 0.3) is 0 Å². The highest BCUT2D eigenvalue weighted by Crippen LogP contribution is 2.67. The third-order valence-electron chi connectivity index (χ3n) is 9.56. The summed E-state index contributed by atoms with van der Waals surface area (Å²) in [6.07, 6.45) is 10.8. The van der Waals surface area contributed by atoms with Gasteiger partial charge in [-0.15, -0.1) is 0 Å². The summed E-state index contributed by atoms with van der Waals surface area (Å²) in [7, 11) is 0. The van der Waals surface area contributed by atoms with Gasteiger partial charge in [0.2, 0.25) is 0 Å². The van der Waals surface area contributed by atoms with Crippen molar-refractivity contribution in [1.82, 2.24) is 0 Å². The van der Waals surface area contributed by atoms with E-state index in [-0.39, 0.29) is 23.9 Å². The van der Waals surface area contributed by atoms with Crippen molar-refractivity contribution in [2.45, 2.75) is 91.1 Å². The Balaban J connectivity index is 1.51. The molecule has 0 aromatic carbocycles. The second kappa shape index (κ2) is 6.77. The number of ether oxygens (including phenoxy) is 1. The molecule has 152 valence electrons. The summed E-state index contributed by atoms with van der Waals surface area (Å²) in [6, 6.07) is 0. The molecule has 4 heteroatoms. The minimum Gasteiger partial charge on any atom is -0.550 e. The van der Waals surface area contributed by atoms with Gasteiger partial charge >= 0.3 is 5.97 Å². The first-order valence-corrected chi connectivity index (χ1v) is 11.1. The molecular formula is C23H35O4-. The lowest BCUT2D eigenvalue weighted by atomic mass is 9.44. The standard InChI is InChI=1S/C23H36O4/c1-14(24)27-17-8-10-22(2)15(12-17)4-6-18-19-7-5-16(13-21(25)26)23(19,3)11-9-20(18)22/h15-20H,4-13H2,1-3H3,(H,25,26)/p-1/t15-,16+,17-,18-,19-,20-,22-,23+/m0/s1. The van der Waals surface area contributed by atoms with Crippen molar-refractivity contribution in [3.05, 3.63) is 0 Å². The Morgan fingerprint density at radius 3 is 2.37 bits per heavy atom. The van der Waals surface area contributed by atoms with Gasteiger partial charge in [-0.25, -0.2) is 0 Å². The van der Waals surface area contributed by atoms with Crippen LogP contribution in [0.3, 0.4) is 0 Å². The van der Waals surface area contributed by atoms with Crippen LogP contribution < -0.4 is 5.11 Å². The molecule has 0 radical (unpaired) electrons. The zero-order valence-electron chi connectivity index (χ0n) is 17.2. The molecule has 4 aliphatic rings. The second-order valence-corrected chi connectivity index (χ2v) is 10.6. The van der Waals surface area contributed by atoms with Crippen molar-refractivity contribution in [3.8, 4) is 0 Å². The number of carbonyl (C=O) groups is 2. The van der Waals surface area contributed by atoms with Gasteiger partial charge in [0, 0.05) is 12.9 Å². The van der Waals surface area contributed by atoms with Gasteiger partial charge in [0.15, 0.2) is 0 Å². The summed E-state index contributed by atoms with van der Waals surface area (Å²) in [4.78, 5) is 22.6. The lowest BCUT2D eigenvalue weighted by molar-refractivity contribution is -0.307. The van der Waals surface area contributed by atoms with Gasteiger partial charge in [0.05, 0.1) is 0 Å². The van der Waals surface area contributed by atoms with Gasteiger partial charge in [0.25, 0.3) is 0 Å². The zero-order chi connectivity index (χ0) is 19.4. The molecule has 0 unspecified atom stereocenters. The van der Waals surface area contributed by atoms with Crippen LogP contribution in [0.15, 0.2) is 0 Å². The zero-order valence-corrected chi connectivity index (χ0v) is 17.2. The Labute approximate surface area is 163 Å². The topological polar surface area (TPSA) is 66.4 Å². The van der Waals surface area contributed by atoms with E-state index in [0.717, 1.165) is 31.1 Å². The Kier molecular flexibility index (Phi) is 4.83. The third kappa shape index (κ3) is 3.11. The molecule has 0 aromatic rings. The molecular weight excluding hydrogens is 340 g/mol. The average Bonchev–Trinajstić information content (AvgIpc) is 2.91. The van der Waals surface area contributed by atoms with E-state index in [2.05, 4.69) is 13.8 Å². The Morgan fingerprint density at radius 2 is 1.67 bits per heavy atom. The third-order valence-corrected chi connectivity index (χ3v) is 9.56. The molecule has 4 saturated carbocycles. The Bertz CT molecular complexity index is 615. The SMILES string of the molecule is CC(=O)O[C@H]1CC[C@@]2(C)[C@@H](CC[C@@H]3[C@@H]2CC[C@]2(C)[C@@H](CC(=O)[O-])CC[C@@H]32)C1. The van der Waals surface area contributed by atoms with Crippen LogP contribution in [-0.2, 0) is 14.3 Å². The first-order valence-electron chi connectivity index (χ1n) is 11.1.